The van der Waals surface area contributed by atoms with E-state index in [1.807, 2.05) is 36.4 Å². The second-order valence-electron chi connectivity index (χ2n) is 5.68. The van der Waals surface area contributed by atoms with E-state index in [0.29, 0.717) is 23.0 Å². The molecule has 0 atom stereocenters. The third-order valence-corrected chi connectivity index (χ3v) is 3.74. The molecule has 0 heterocycles. The summed E-state index contributed by atoms with van der Waals surface area (Å²) in [6.45, 7) is 4.26. The lowest BCUT2D eigenvalue weighted by atomic mass is 10.0. The van der Waals surface area contributed by atoms with Crippen LogP contribution in [-0.4, -0.2) is 20.0 Å². The van der Waals surface area contributed by atoms with Crippen molar-refractivity contribution in [1.82, 2.24) is 0 Å². The number of hydrogen-bond donors (Lipinski definition) is 1. The normalized spacial score (nSPS) is 10.9. The van der Waals surface area contributed by atoms with Crippen LogP contribution in [0.25, 0.3) is 0 Å². The van der Waals surface area contributed by atoms with Crippen LogP contribution < -0.4 is 14.8 Å². The number of carbonyl (C=O) groups is 1. The molecule has 0 aliphatic rings. The number of ketones is 1. The zero-order valence-electron chi connectivity index (χ0n) is 14.5. The molecule has 126 valence electrons. The minimum absolute atomic E-state index is 0.0507. The van der Waals surface area contributed by atoms with Crippen LogP contribution in [0.2, 0.25) is 0 Å². The summed E-state index contributed by atoms with van der Waals surface area (Å²) < 4.78 is 10.5. The lowest BCUT2D eigenvalue weighted by Gasteiger charge is -2.09. The molecule has 0 amide bonds. The van der Waals surface area contributed by atoms with Crippen LogP contribution in [0.4, 0.5) is 5.69 Å². The minimum atomic E-state index is -0.0507. The fourth-order valence-corrected chi connectivity index (χ4v) is 2.25. The number of anilines is 1. The molecule has 2 rings (SSSR count). The largest absolute Gasteiger partial charge is 0.497 e. The Morgan fingerprint density at radius 3 is 2.33 bits per heavy atom. The number of methoxy groups -OCH3 is 2. The van der Waals surface area contributed by atoms with Crippen LogP contribution in [0, 0.1) is 0 Å². The van der Waals surface area contributed by atoms with Crippen LogP contribution in [0.3, 0.4) is 0 Å². The van der Waals surface area contributed by atoms with E-state index in [9.17, 15) is 4.79 Å². The molecule has 0 bridgehead atoms. The standard InChI is InChI=1S/C20H23NO3/c1-14(2)15-5-7-16(8-6-15)19(22)11-12-21-18-10-9-17(23-3)13-20(18)24-4/h5-14,21H,1-4H3. The average molecular weight is 325 g/mol. The van der Waals surface area contributed by atoms with Crippen molar-refractivity contribution in [2.24, 2.45) is 0 Å². The molecule has 0 unspecified atom stereocenters. The van der Waals surface area contributed by atoms with E-state index in [0.717, 1.165) is 5.69 Å². The van der Waals surface area contributed by atoms with Gasteiger partial charge in [0.15, 0.2) is 5.78 Å². The first kappa shape index (κ1) is 17.6. The molecule has 4 heteroatoms. The van der Waals surface area contributed by atoms with Gasteiger partial charge >= 0.3 is 0 Å². The molecule has 1 N–H and O–H groups in total. The van der Waals surface area contributed by atoms with E-state index < -0.39 is 0 Å². The molecule has 0 aliphatic carbocycles. The van der Waals surface area contributed by atoms with Crippen molar-refractivity contribution in [2.45, 2.75) is 19.8 Å². The minimum Gasteiger partial charge on any atom is -0.497 e. The Morgan fingerprint density at radius 1 is 1.04 bits per heavy atom. The van der Waals surface area contributed by atoms with Crippen LogP contribution in [-0.2, 0) is 0 Å². The highest BCUT2D eigenvalue weighted by molar-refractivity contribution is 6.04. The third-order valence-electron chi connectivity index (χ3n) is 3.74. The lowest BCUT2D eigenvalue weighted by Crippen LogP contribution is -1.98. The molecule has 0 spiro atoms. The van der Waals surface area contributed by atoms with E-state index in [1.54, 1.807) is 26.5 Å². The molecule has 0 saturated heterocycles. The molecule has 0 aromatic heterocycles. The first-order chi connectivity index (χ1) is 11.5. The number of hydrogen-bond acceptors (Lipinski definition) is 4. The summed E-state index contributed by atoms with van der Waals surface area (Å²) in [6.07, 6.45) is 3.12. The Balaban J connectivity index is 2.04. The Bertz CT molecular complexity index is 718. The summed E-state index contributed by atoms with van der Waals surface area (Å²) in [7, 11) is 3.19. The highest BCUT2D eigenvalue weighted by atomic mass is 16.5. The number of ether oxygens (including phenoxy) is 2. The van der Waals surface area contributed by atoms with E-state index in [1.165, 1.54) is 11.6 Å². The number of rotatable bonds is 7. The fourth-order valence-electron chi connectivity index (χ4n) is 2.25. The molecular formula is C20H23NO3. The second kappa shape index (κ2) is 8.20. The van der Waals surface area contributed by atoms with E-state index in [2.05, 4.69) is 19.2 Å². The van der Waals surface area contributed by atoms with Crippen molar-refractivity contribution in [2.75, 3.05) is 19.5 Å². The van der Waals surface area contributed by atoms with Gasteiger partial charge in [-0.1, -0.05) is 38.1 Å². The van der Waals surface area contributed by atoms with Gasteiger partial charge in [0.25, 0.3) is 0 Å². The molecule has 0 radical (unpaired) electrons. The Kier molecular flexibility index (Phi) is 6.01. The van der Waals surface area contributed by atoms with Gasteiger partial charge < -0.3 is 14.8 Å². The first-order valence-corrected chi connectivity index (χ1v) is 7.84. The smallest absolute Gasteiger partial charge is 0.187 e. The predicted molar refractivity (Wildman–Crippen MR) is 97.2 cm³/mol. The van der Waals surface area contributed by atoms with Crippen LogP contribution in [0.5, 0.6) is 11.5 Å². The molecule has 4 nitrogen and oxygen atoms in total. The fraction of sp³-hybridized carbons (Fsp3) is 0.250. The highest BCUT2D eigenvalue weighted by Crippen LogP contribution is 2.28. The van der Waals surface area contributed by atoms with Crippen molar-refractivity contribution >= 4 is 11.5 Å². The maximum absolute atomic E-state index is 12.2. The quantitative estimate of drug-likeness (QED) is 0.595. The summed E-state index contributed by atoms with van der Waals surface area (Å²) in [5, 5.41) is 3.06. The zero-order chi connectivity index (χ0) is 17.5. The molecule has 2 aromatic rings. The summed E-state index contributed by atoms with van der Waals surface area (Å²) >= 11 is 0. The van der Waals surface area contributed by atoms with Crippen LogP contribution in [0.1, 0.15) is 35.7 Å². The monoisotopic (exact) mass is 325 g/mol. The molecule has 0 saturated carbocycles. The van der Waals surface area contributed by atoms with Gasteiger partial charge in [-0.25, -0.2) is 0 Å². The van der Waals surface area contributed by atoms with Gasteiger partial charge in [-0.05, 0) is 23.6 Å². The van der Waals surface area contributed by atoms with E-state index in [-0.39, 0.29) is 5.78 Å². The highest BCUT2D eigenvalue weighted by Gasteiger charge is 2.05. The maximum Gasteiger partial charge on any atom is 0.187 e. The van der Waals surface area contributed by atoms with Crippen molar-refractivity contribution in [3.8, 4) is 11.5 Å². The van der Waals surface area contributed by atoms with Gasteiger partial charge in [0.1, 0.15) is 11.5 Å². The zero-order valence-corrected chi connectivity index (χ0v) is 14.5. The third kappa shape index (κ3) is 4.38. The van der Waals surface area contributed by atoms with Gasteiger partial charge in [-0.15, -0.1) is 0 Å². The average Bonchev–Trinajstić information content (AvgIpc) is 2.61. The van der Waals surface area contributed by atoms with E-state index >= 15 is 0 Å². The second-order valence-corrected chi connectivity index (χ2v) is 5.68. The van der Waals surface area contributed by atoms with Gasteiger partial charge in [0.2, 0.25) is 0 Å². The Labute approximate surface area is 143 Å². The van der Waals surface area contributed by atoms with Crippen molar-refractivity contribution in [1.29, 1.82) is 0 Å². The Hall–Kier alpha value is -2.75. The van der Waals surface area contributed by atoms with Gasteiger partial charge in [-0.3, -0.25) is 4.79 Å². The van der Waals surface area contributed by atoms with Gasteiger partial charge in [-0.2, -0.15) is 0 Å². The number of allylic oxidation sites excluding steroid dienone is 1. The van der Waals surface area contributed by atoms with Crippen molar-refractivity contribution in [3.63, 3.8) is 0 Å². The number of nitrogens with one attached hydrogen (secondary N) is 1. The Morgan fingerprint density at radius 2 is 1.75 bits per heavy atom. The molecule has 2 aromatic carbocycles. The molecule has 0 fully saturated rings. The summed E-state index contributed by atoms with van der Waals surface area (Å²) in [5.41, 5.74) is 2.65. The van der Waals surface area contributed by atoms with Gasteiger partial charge in [0.05, 0.1) is 19.9 Å². The summed E-state index contributed by atoms with van der Waals surface area (Å²) in [6, 6.07) is 13.1. The molecular weight excluding hydrogens is 302 g/mol. The SMILES string of the molecule is COc1ccc(NC=CC(=O)c2ccc(C(C)C)cc2)c(OC)c1. The van der Waals surface area contributed by atoms with E-state index in [4.69, 9.17) is 9.47 Å². The summed E-state index contributed by atoms with van der Waals surface area (Å²) in [4.78, 5) is 12.2. The van der Waals surface area contributed by atoms with Crippen molar-refractivity contribution in [3.05, 3.63) is 65.9 Å². The molecule has 24 heavy (non-hydrogen) atoms. The topological polar surface area (TPSA) is 47.6 Å². The van der Waals surface area contributed by atoms with Crippen LogP contribution >= 0.6 is 0 Å². The lowest BCUT2D eigenvalue weighted by molar-refractivity contribution is 0.104. The predicted octanol–water partition coefficient (Wildman–Crippen LogP) is 4.64. The maximum atomic E-state index is 12.2. The number of benzene rings is 2. The van der Waals surface area contributed by atoms with Crippen LogP contribution in [0.15, 0.2) is 54.7 Å². The first-order valence-electron chi connectivity index (χ1n) is 7.84. The molecule has 0 aliphatic heterocycles. The van der Waals surface area contributed by atoms with Crippen molar-refractivity contribution < 1.29 is 14.3 Å². The number of carbonyl (C=O) groups excluding carboxylic acids is 1. The van der Waals surface area contributed by atoms with Gasteiger partial charge in [0, 0.05) is 23.9 Å². The summed E-state index contributed by atoms with van der Waals surface area (Å²) in [5.74, 6) is 1.76.